The Balaban J connectivity index is 1.69. The number of hydrogen-bond acceptors (Lipinski definition) is 12. The third kappa shape index (κ3) is 10.9. The Morgan fingerprint density at radius 2 is 0.946 bits per heavy atom. The normalized spacial score (nSPS) is 14.4. The van der Waals surface area contributed by atoms with Crippen LogP contribution in [0.5, 0.6) is 0 Å². The van der Waals surface area contributed by atoms with Gasteiger partial charge < -0.3 is 28.9 Å². The molecule has 74 heavy (non-hydrogen) atoms. The minimum Gasteiger partial charge on any atom is -0.469 e. The molecule has 0 fully saturated rings. The smallest absolute Gasteiger partial charge is 0.305 e. The quantitative estimate of drug-likeness (QED) is 0.0532. The molecule has 0 radical (unpaired) electrons. The number of terminal acetylenes is 1. The van der Waals surface area contributed by atoms with E-state index in [0.29, 0.717) is 95.2 Å². The number of aliphatic imine (C=N–C) groups is 2. The number of hydrogen-bond donors (Lipinski definition) is 2. The molecule has 8 bridgehead atoms. The monoisotopic (exact) mass is 1010 g/mol. The number of carbonyl (C=O) groups is 6. The molecule has 0 saturated heterocycles. The molecule has 3 aliphatic rings. The van der Waals surface area contributed by atoms with Crippen molar-refractivity contribution in [2.45, 2.75) is 98.7 Å². The van der Waals surface area contributed by atoms with Gasteiger partial charge in [0.05, 0.1) is 62.6 Å². The number of rotatable bonds is 14. The van der Waals surface area contributed by atoms with Gasteiger partial charge in [0.15, 0.2) is 0 Å². The van der Waals surface area contributed by atoms with Crippen LogP contribution in [-0.4, -0.2) is 93.3 Å². The number of nitrogens with one attached hydrogen (secondary N) is 2. The molecule has 380 valence electrons. The molecule has 14 nitrogen and oxygen atoms in total. The molecule has 2 aromatic heterocycles. The maximum absolute atomic E-state index is 15.8. The Morgan fingerprint density at radius 1 is 0.568 bits per heavy atom. The first-order valence-corrected chi connectivity index (χ1v) is 27.8. The summed E-state index contributed by atoms with van der Waals surface area (Å²) in [5.41, 5.74) is 13.5. The lowest BCUT2D eigenvalue weighted by atomic mass is 9.89. The van der Waals surface area contributed by atoms with E-state index < -0.39 is 43.5 Å². The number of fused-ring (bicyclic) bond motifs is 6. The number of Topliss-reactive ketones (excluding diaryl/α,β-unsaturated/α-hetero) is 2. The Morgan fingerprint density at radius 3 is 1.32 bits per heavy atom. The zero-order valence-electron chi connectivity index (χ0n) is 43.8. The molecule has 4 aromatic rings. The highest BCUT2D eigenvalue weighted by atomic mass is 28.3. The van der Waals surface area contributed by atoms with Crippen molar-refractivity contribution in [2.24, 2.45) is 9.98 Å². The summed E-state index contributed by atoms with van der Waals surface area (Å²) >= 11 is 0. The van der Waals surface area contributed by atoms with E-state index in [4.69, 9.17) is 35.4 Å². The van der Waals surface area contributed by atoms with Crippen molar-refractivity contribution in [3.63, 3.8) is 0 Å². The molecule has 15 heteroatoms. The van der Waals surface area contributed by atoms with Crippen LogP contribution in [0, 0.1) is 37.7 Å². The van der Waals surface area contributed by atoms with Crippen molar-refractivity contribution < 1.29 is 47.7 Å². The SMILES string of the molecule is C#Cc1cccc(C2=C3N=C(C(=O)c4[nH]c(c(C)c4CCC(=O)OC)C(c4cccc(C#C[Si](C)(C)C)c4)=C4N=C(C(=O)c5[nH]c2c(C)c5CCC(=O)OC)C(CCC(=O)OC)=C4C)C(CCC(=O)OC)=C3C)c1. The number of esters is 4. The molecule has 3 aliphatic heterocycles. The predicted octanol–water partition coefficient (Wildman–Crippen LogP) is 9.43. The van der Waals surface area contributed by atoms with E-state index in [9.17, 15) is 19.2 Å². The van der Waals surface area contributed by atoms with Crippen LogP contribution in [0.3, 0.4) is 0 Å². The maximum atomic E-state index is 15.8. The minimum absolute atomic E-state index is 0.0535. The molecule has 0 unspecified atom stereocenters. The lowest BCUT2D eigenvalue weighted by molar-refractivity contribution is -0.141. The van der Waals surface area contributed by atoms with Crippen molar-refractivity contribution in [1.29, 1.82) is 0 Å². The van der Waals surface area contributed by atoms with E-state index in [1.54, 1.807) is 18.2 Å². The highest BCUT2D eigenvalue weighted by Crippen LogP contribution is 2.44. The van der Waals surface area contributed by atoms with E-state index in [2.05, 4.69) is 47.0 Å². The van der Waals surface area contributed by atoms with Gasteiger partial charge in [0.1, 0.15) is 19.5 Å². The van der Waals surface area contributed by atoms with Crippen molar-refractivity contribution in [1.82, 2.24) is 9.97 Å². The number of ether oxygens (including phenoxy) is 4. The summed E-state index contributed by atoms with van der Waals surface area (Å²) in [4.78, 5) is 101. The summed E-state index contributed by atoms with van der Waals surface area (Å²) in [6.45, 7) is 13.8. The van der Waals surface area contributed by atoms with E-state index in [0.717, 1.165) is 5.56 Å². The summed E-state index contributed by atoms with van der Waals surface area (Å²) in [6, 6.07) is 14.9. The standard InChI is InChI=1S/C59H60N4O10Si/c1-13-36-16-14-18-38(30-36)48-50-32(2)40(20-24-44(64)70-6)54(60-50)58(68)56-42(22-26-46(66)72-8)34(4)52(62-56)49(39-19-15-17-37(31-39)28-29-74(10,11)12)53-35(5)43(23-27-47(67)73-9)57(63-53)59(69)55-41(21-25-45(65)71-7)33(3)51(48)61-55/h1,14-19,30-31,60,63H,20-27H2,2-12H3. The molecular formula is C59H60N4O10Si. The third-order valence-electron chi connectivity index (χ3n) is 13.5. The van der Waals surface area contributed by atoms with Gasteiger partial charge in [-0.05, 0) is 133 Å². The Kier molecular flexibility index (Phi) is 16.2. The second-order valence-corrected chi connectivity index (χ2v) is 24.1. The first-order chi connectivity index (χ1) is 35.2. The molecule has 0 aliphatic carbocycles. The van der Waals surface area contributed by atoms with Crippen LogP contribution in [0.2, 0.25) is 19.6 Å². The Labute approximate surface area is 432 Å². The van der Waals surface area contributed by atoms with Crippen LogP contribution < -0.4 is 0 Å². The first kappa shape index (κ1) is 53.7. The predicted molar refractivity (Wildman–Crippen MR) is 286 cm³/mol. The maximum Gasteiger partial charge on any atom is 0.305 e. The summed E-state index contributed by atoms with van der Waals surface area (Å²) in [5.74, 6) is 3.10. The van der Waals surface area contributed by atoms with Crippen LogP contribution in [-0.2, 0) is 51.0 Å². The molecular weight excluding hydrogens is 953 g/mol. The van der Waals surface area contributed by atoms with Crippen molar-refractivity contribution in [2.75, 3.05) is 28.4 Å². The van der Waals surface area contributed by atoms with E-state index in [1.807, 2.05) is 58.0 Å². The lowest BCUT2D eigenvalue weighted by Gasteiger charge is -2.13. The number of nitrogens with zero attached hydrogens (tertiary/aromatic N) is 2. The van der Waals surface area contributed by atoms with E-state index in [1.165, 1.54) is 28.4 Å². The van der Waals surface area contributed by atoms with E-state index >= 15 is 9.59 Å². The molecule has 2 aromatic carbocycles. The van der Waals surface area contributed by atoms with Gasteiger partial charge in [-0.3, -0.25) is 28.8 Å². The van der Waals surface area contributed by atoms with Crippen LogP contribution >= 0.6 is 0 Å². The Hall–Kier alpha value is -8.14. The van der Waals surface area contributed by atoms with Crippen LogP contribution in [0.15, 0.2) is 92.2 Å². The molecule has 0 amide bonds. The third-order valence-corrected chi connectivity index (χ3v) is 14.4. The highest BCUT2D eigenvalue weighted by Gasteiger charge is 2.38. The van der Waals surface area contributed by atoms with Crippen molar-refractivity contribution in [3.05, 3.63) is 150 Å². The van der Waals surface area contributed by atoms with E-state index in [-0.39, 0.29) is 74.2 Å². The lowest BCUT2D eigenvalue weighted by Crippen LogP contribution is -2.19. The number of benzene rings is 2. The van der Waals surface area contributed by atoms with Crippen molar-refractivity contribution in [3.8, 4) is 23.8 Å². The molecule has 0 spiro atoms. The molecule has 2 N–H and O–H groups in total. The summed E-state index contributed by atoms with van der Waals surface area (Å²) in [5, 5.41) is 0. The van der Waals surface area contributed by atoms with Crippen LogP contribution in [0.1, 0.15) is 129 Å². The first-order valence-electron chi connectivity index (χ1n) is 24.3. The number of carbonyl (C=O) groups excluding carboxylic acids is 6. The molecule has 0 atom stereocenters. The number of methoxy groups -OCH3 is 4. The van der Waals surface area contributed by atoms with Gasteiger partial charge in [0.25, 0.3) is 0 Å². The molecule has 5 heterocycles. The van der Waals surface area contributed by atoms with Gasteiger partial charge in [0, 0.05) is 48.0 Å². The van der Waals surface area contributed by atoms with Gasteiger partial charge in [-0.1, -0.05) is 55.7 Å². The fraction of sp³-hybridized carbons (Fsp3) is 0.322. The summed E-state index contributed by atoms with van der Waals surface area (Å²) in [6.07, 6.45) is 6.01. The topological polar surface area (TPSA) is 196 Å². The van der Waals surface area contributed by atoms with Gasteiger partial charge in [-0.25, -0.2) is 9.98 Å². The highest BCUT2D eigenvalue weighted by molar-refractivity contribution is 6.83. The van der Waals surface area contributed by atoms with Crippen LogP contribution in [0.25, 0.3) is 11.1 Å². The largest absolute Gasteiger partial charge is 0.469 e. The number of allylic oxidation sites excluding steroid dienone is 4. The zero-order valence-corrected chi connectivity index (χ0v) is 44.8. The molecule has 7 rings (SSSR count). The van der Waals surface area contributed by atoms with Crippen molar-refractivity contribution >= 4 is 66.1 Å². The van der Waals surface area contributed by atoms with Crippen LogP contribution in [0.4, 0.5) is 0 Å². The van der Waals surface area contributed by atoms with Gasteiger partial charge in [-0.2, -0.15) is 0 Å². The second-order valence-electron chi connectivity index (χ2n) is 19.3. The molecule has 0 saturated carbocycles. The average Bonchev–Trinajstić information content (AvgIpc) is 4.11. The summed E-state index contributed by atoms with van der Waals surface area (Å²) < 4.78 is 20.4. The van der Waals surface area contributed by atoms with Gasteiger partial charge in [0.2, 0.25) is 11.6 Å². The van der Waals surface area contributed by atoms with Gasteiger partial charge >= 0.3 is 23.9 Å². The Bertz CT molecular complexity index is 3380. The number of ketones is 2. The second kappa shape index (κ2) is 22.3. The fourth-order valence-corrected chi connectivity index (χ4v) is 10.1. The fourth-order valence-electron chi connectivity index (χ4n) is 9.55. The zero-order chi connectivity index (χ0) is 53.8. The van der Waals surface area contributed by atoms with Gasteiger partial charge in [-0.15, -0.1) is 12.0 Å². The minimum atomic E-state index is -1.84. The number of H-pyrrole nitrogens is 2. The number of aromatic amines is 2. The average molecular weight is 1010 g/mol. The number of aromatic nitrogens is 2. The summed E-state index contributed by atoms with van der Waals surface area (Å²) in [7, 11) is 3.36.